The summed E-state index contributed by atoms with van der Waals surface area (Å²) in [4.78, 5) is 10.9. The zero-order chi connectivity index (χ0) is 18.1. The lowest BCUT2D eigenvalue weighted by molar-refractivity contribution is 0.459. The van der Waals surface area contributed by atoms with E-state index < -0.39 is 0 Å². The van der Waals surface area contributed by atoms with E-state index in [9.17, 15) is 0 Å². The molecule has 0 amide bonds. The smallest absolute Gasteiger partial charge is 0.222 e. The maximum absolute atomic E-state index is 4.31. The number of rotatable bonds is 4. The number of halogens is 1. The number of hydrogen-bond donors (Lipinski definition) is 2. The van der Waals surface area contributed by atoms with Crippen molar-refractivity contribution in [1.82, 2.24) is 20.2 Å². The lowest BCUT2D eigenvalue weighted by Crippen LogP contribution is -2.28. The van der Waals surface area contributed by atoms with Crippen molar-refractivity contribution in [1.29, 1.82) is 0 Å². The Morgan fingerprint density at radius 1 is 1.12 bits per heavy atom. The van der Waals surface area contributed by atoms with Crippen molar-refractivity contribution in [3.05, 3.63) is 81.5 Å². The predicted molar refractivity (Wildman–Crippen MR) is 108 cm³/mol. The minimum atomic E-state index is 0.616. The molecule has 2 aromatic rings. The van der Waals surface area contributed by atoms with Gasteiger partial charge in [-0.2, -0.15) is 0 Å². The molecule has 2 aliphatic rings. The first kappa shape index (κ1) is 16.8. The second-order valence-electron chi connectivity index (χ2n) is 6.54. The number of anilines is 1. The molecule has 5 nitrogen and oxygen atoms in total. The number of benzene rings is 1. The van der Waals surface area contributed by atoms with Gasteiger partial charge in [-0.15, -0.1) is 0 Å². The third kappa shape index (κ3) is 3.37. The summed E-state index contributed by atoms with van der Waals surface area (Å²) in [6.07, 6.45) is 7.79. The summed E-state index contributed by atoms with van der Waals surface area (Å²) in [6.45, 7) is 5.78. The molecule has 4 rings (SSSR count). The number of aryl methyl sites for hydroxylation is 1. The van der Waals surface area contributed by atoms with Crippen LogP contribution in [0.2, 0.25) is 0 Å². The molecule has 3 heterocycles. The molecule has 1 aromatic carbocycles. The van der Waals surface area contributed by atoms with Crippen LogP contribution in [0.1, 0.15) is 18.1 Å². The van der Waals surface area contributed by atoms with Gasteiger partial charge in [0.05, 0.1) is 22.4 Å². The Labute approximate surface area is 161 Å². The molecule has 132 valence electrons. The first-order chi connectivity index (χ1) is 12.6. The van der Waals surface area contributed by atoms with E-state index >= 15 is 0 Å². The minimum Gasteiger partial charge on any atom is -0.349 e. The number of aromatic nitrogens is 2. The van der Waals surface area contributed by atoms with Gasteiger partial charge in [0.1, 0.15) is 5.82 Å². The van der Waals surface area contributed by atoms with Crippen LogP contribution in [0.5, 0.6) is 0 Å². The molecule has 0 spiro atoms. The van der Waals surface area contributed by atoms with Crippen molar-refractivity contribution in [3.8, 4) is 0 Å². The van der Waals surface area contributed by atoms with E-state index in [-0.39, 0.29) is 0 Å². The fourth-order valence-electron chi connectivity index (χ4n) is 3.09. The van der Waals surface area contributed by atoms with Gasteiger partial charge in [-0.05, 0) is 41.4 Å². The topological polar surface area (TPSA) is 53.1 Å². The van der Waals surface area contributed by atoms with E-state index in [1.165, 1.54) is 22.4 Å². The highest BCUT2D eigenvalue weighted by Crippen LogP contribution is 2.32. The van der Waals surface area contributed by atoms with E-state index in [4.69, 9.17) is 0 Å². The average molecular weight is 410 g/mol. The third-order valence-electron chi connectivity index (χ3n) is 4.47. The van der Waals surface area contributed by atoms with Crippen molar-refractivity contribution in [2.24, 2.45) is 0 Å². The largest absolute Gasteiger partial charge is 0.349 e. The molecule has 2 aliphatic heterocycles. The van der Waals surface area contributed by atoms with E-state index in [2.05, 4.69) is 91.7 Å². The third-order valence-corrected chi connectivity index (χ3v) is 4.88. The molecule has 0 atom stereocenters. The van der Waals surface area contributed by atoms with Gasteiger partial charge in [-0.1, -0.05) is 41.5 Å². The van der Waals surface area contributed by atoms with Crippen LogP contribution in [0.4, 0.5) is 5.95 Å². The van der Waals surface area contributed by atoms with Crippen LogP contribution in [0.15, 0.2) is 70.4 Å². The number of hydrogen-bond acceptors (Lipinski definition) is 5. The monoisotopic (exact) mass is 409 g/mol. The van der Waals surface area contributed by atoms with Crippen molar-refractivity contribution < 1.29 is 0 Å². The molecule has 0 aliphatic carbocycles. The van der Waals surface area contributed by atoms with Gasteiger partial charge < -0.3 is 15.5 Å². The van der Waals surface area contributed by atoms with Gasteiger partial charge in [0.2, 0.25) is 5.95 Å². The normalized spacial score (nSPS) is 16.0. The van der Waals surface area contributed by atoms with Gasteiger partial charge in [0, 0.05) is 18.9 Å². The summed E-state index contributed by atoms with van der Waals surface area (Å²) in [5.41, 5.74) is 6.09. The summed E-state index contributed by atoms with van der Waals surface area (Å²) in [6, 6.07) is 8.60. The van der Waals surface area contributed by atoms with Gasteiger partial charge in [-0.3, -0.25) is 0 Å². The minimum absolute atomic E-state index is 0.616. The van der Waals surface area contributed by atoms with Gasteiger partial charge in [0.15, 0.2) is 0 Å². The second-order valence-corrected chi connectivity index (χ2v) is 7.46. The summed E-state index contributed by atoms with van der Waals surface area (Å²) in [5.74, 6) is 1.73. The second kappa shape index (κ2) is 6.96. The number of nitrogens with zero attached hydrogens (tertiary/aromatic N) is 3. The van der Waals surface area contributed by atoms with Crippen LogP contribution < -0.4 is 10.6 Å². The van der Waals surface area contributed by atoms with Gasteiger partial charge >= 0.3 is 0 Å². The zero-order valence-electron chi connectivity index (χ0n) is 14.8. The molecule has 0 saturated carbocycles. The Morgan fingerprint density at radius 2 is 1.85 bits per heavy atom. The number of allylic oxidation sites excluding steroid dienone is 2. The fraction of sp³-hybridized carbons (Fsp3) is 0.200. The standard InChI is InChI=1S/C20H20BrN5/c1-13-3-6-15(7-4-13)19-17(11-24-20-22-9-16(21)10-23-20)26-12-14(2)5-8-18(26)25-19/h3-10,25H,11-12H2,1-2H3,(H,22,23,24). The zero-order valence-corrected chi connectivity index (χ0v) is 16.3. The van der Waals surface area contributed by atoms with Gasteiger partial charge in [0.25, 0.3) is 0 Å². The molecule has 1 aromatic heterocycles. The number of fused-ring (bicyclic) bond motifs is 1. The molecular weight excluding hydrogens is 390 g/mol. The van der Waals surface area contributed by atoms with Crippen molar-refractivity contribution in [2.45, 2.75) is 13.8 Å². The Balaban J connectivity index is 1.65. The lowest BCUT2D eigenvalue weighted by Gasteiger charge is -2.26. The van der Waals surface area contributed by atoms with Crippen LogP contribution in [-0.4, -0.2) is 28.0 Å². The van der Waals surface area contributed by atoms with E-state index in [0.29, 0.717) is 12.5 Å². The molecule has 0 radical (unpaired) electrons. The molecule has 2 N–H and O–H groups in total. The number of nitrogens with one attached hydrogen (secondary N) is 2. The van der Waals surface area contributed by atoms with Crippen LogP contribution in [0.3, 0.4) is 0 Å². The summed E-state index contributed by atoms with van der Waals surface area (Å²) < 4.78 is 0.868. The summed E-state index contributed by atoms with van der Waals surface area (Å²) >= 11 is 3.37. The first-order valence-corrected chi connectivity index (χ1v) is 9.33. The Morgan fingerprint density at radius 3 is 2.58 bits per heavy atom. The van der Waals surface area contributed by atoms with Crippen molar-refractivity contribution in [2.75, 3.05) is 18.4 Å². The highest BCUT2D eigenvalue weighted by molar-refractivity contribution is 9.10. The fourth-order valence-corrected chi connectivity index (χ4v) is 3.30. The quantitative estimate of drug-likeness (QED) is 0.797. The Bertz CT molecular complexity index is 910. The van der Waals surface area contributed by atoms with E-state index in [1.807, 2.05) is 0 Å². The molecule has 0 fully saturated rings. The van der Waals surface area contributed by atoms with Crippen molar-refractivity contribution >= 4 is 27.6 Å². The van der Waals surface area contributed by atoms with E-state index in [1.54, 1.807) is 12.4 Å². The first-order valence-electron chi connectivity index (χ1n) is 8.54. The molecule has 0 bridgehead atoms. The average Bonchev–Trinajstić information content (AvgIpc) is 2.99. The van der Waals surface area contributed by atoms with Gasteiger partial charge in [-0.25, -0.2) is 9.97 Å². The van der Waals surface area contributed by atoms with Crippen LogP contribution in [0, 0.1) is 6.92 Å². The maximum Gasteiger partial charge on any atom is 0.222 e. The Kier molecular flexibility index (Phi) is 4.51. The lowest BCUT2D eigenvalue weighted by atomic mass is 10.1. The van der Waals surface area contributed by atoms with Crippen molar-refractivity contribution in [3.63, 3.8) is 0 Å². The predicted octanol–water partition coefficient (Wildman–Crippen LogP) is 4.03. The molecular formula is C20H20BrN5. The highest BCUT2D eigenvalue weighted by Gasteiger charge is 2.28. The molecule has 6 heteroatoms. The molecule has 0 saturated heterocycles. The highest BCUT2D eigenvalue weighted by atomic mass is 79.9. The summed E-state index contributed by atoms with van der Waals surface area (Å²) in [7, 11) is 0. The summed E-state index contributed by atoms with van der Waals surface area (Å²) in [5, 5.41) is 6.92. The SMILES string of the molecule is CC1=CC=C2NC(c3ccc(C)cc3)=C(CNc3ncc(Br)cn3)N2C1. The maximum atomic E-state index is 4.31. The van der Waals surface area contributed by atoms with Crippen LogP contribution in [-0.2, 0) is 0 Å². The van der Waals surface area contributed by atoms with Crippen LogP contribution in [0.25, 0.3) is 5.70 Å². The van der Waals surface area contributed by atoms with Crippen LogP contribution >= 0.6 is 15.9 Å². The molecule has 26 heavy (non-hydrogen) atoms. The molecule has 0 unspecified atom stereocenters. The Hall–Kier alpha value is -2.60. The van der Waals surface area contributed by atoms with E-state index in [0.717, 1.165) is 22.5 Å².